The number of likely N-dealkylation sites (tertiary alicyclic amines) is 1. The smallest absolute Gasteiger partial charge is 0.411 e. The Kier molecular flexibility index (Phi) is 3.54. The molecule has 2 N–H and O–H groups in total. The molecule has 1 saturated heterocycles. The maximum Gasteiger partial charge on any atom is 0.411 e. The predicted octanol–water partition coefficient (Wildman–Crippen LogP) is 2.48. The van der Waals surface area contributed by atoms with Gasteiger partial charge in [0.05, 0.1) is 5.54 Å². The Morgan fingerprint density at radius 1 is 1.37 bits per heavy atom. The van der Waals surface area contributed by atoms with E-state index in [1.807, 2.05) is 51.1 Å². The molecule has 1 aromatic carbocycles. The first-order valence-corrected chi connectivity index (χ1v) is 6.65. The van der Waals surface area contributed by atoms with Gasteiger partial charge in [-0.05, 0) is 32.8 Å². The SMILES string of the molecule is CC(C)(C)OC(=O)N1CCC1(CN)c1ccccc1. The second-order valence-electron chi connectivity index (χ2n) is 5.98. The molecule has 1 atom stereocenters. The third-order valence-corrected chi connectivity index (χ3v) is 3.53. The van der Waals surface area contributed by atoms with Gasteiger partial charge in [0.25, 0.3) is 0 Å². The van der Waals surface area contributed by atoms with Gasteiger partial charge in [-0.3, -0.25) is 4.90 Å². The number of carbonyl (C=O) groups excluding carboxylic acids is 1. The maximum absolute atomic E-state index is 12.2. The Hall–Kier alpha value is -1.55. The molecule has 1 unspecified atom stereocenters. The van der Waals surface area contributed by atoms with E-state index >= 15 is 0 Å². The van der Waals surface area contributed by atoms with E-state index in [-0.39, 0.29) is 6.09 Å². The van der Waals surface area contributed by atoms with Crippen LogP contribution in [0.15, 0.2) is 30.3 Å². The standard InChI is InChI=1S/C15H22N2O2/c1-14(2,3)19-13(18)17-10-9-15(17,11-16)12-7-5-4-6-8-12/h4-8H,9-11,16H2,1-3H3. The van der Waals surface area contributed by atoms with Crippen molar-refractivity contribution >= 4 is 6.09 Å². The second kappa shape index (κ2) is 4.85. The van der Waals surface area contributed by atoms with Crippen LogP contribution >= 0.6 is 0 Å². The number of amides is 1. The minimum atomic E-state index is -0.482. The number of ether oxygens (including phenoxy) is 1. The summed E-state index contributed by atoms with van der Waals surface area (Å²) in [5, 5.41) is 0. The van der Waals surface area contributed by atoms with Crippen molar-refractivity contribution in [3.8, 4) is 0 Å². The number of hydrogen-bond acceptors (Lipinski definition) is 3. The van der Waals surface area contributed by atoms with Gasteiger partial charge < -0.3 is 10.5 Å². The van der Waals surface area contributed by atoms with Crippen LogP contribution in [0.4, 0.5) is 4.79 Å². The first-order chi connectivity index (χ1) is 8.89. The lowest BCUT2D eigenvalue weighted by Crippen LogP contribution is -2.63. The lowest BCUT2D eigenvalue weighted by Gasteiger charge is -2.52. The van der Waals surface area contributed by atoms with Gasteiger partial charge in [-0.25, -0.2) is 4.79 Å². The number of benzene rings is 1. The largest absolute Gasteiger partial charge is 0.444 e. The summed E-state index contributed by atoms with van der Waals surface area (Å²) in [6.45, 7) is 6.73. The van der Waals surface area contributed by atoms with Crippen LogP contribution in [0.5, 0.6) is 0 Å². The summed E-state index contributed by atoms with van der Waals surface area (Å²) in [6.07, 6.45) is 0.597. The van der Waals surface area contributed by atoms with Crippen molar-refractivity contribution in [2.45, 2.75) is 38.3 Å². The average Bonchev–Trinajstić information content (AvgIpc) is 2.27. The van der Waals surface area contributed by atoms with Crippen molar-refractivity contribution in [2.24, 2.45) is 5.73 Å². The molecule has 1 fully saturated rings. The zero-order valence-electron chi connectivity index (χ0n) is 11.8. The van der Waals surface area contributed by atoms with Crippen molar-refractivity contribution in [2.75, 3.05) is 13.1 Å². The minimum Gasteiger partial charge on any atom is -0.444 e. The molecule has 0 saturated carbocycles. The Morgan fingerprint density at radius 3 is 2.42 bits per heavy atom. The highest BCUT2D eigenvalue weighted by Gasteiger charge is 2.49. The quantitative estimate of drug-likeness (QED) is 0.890. The molecular formula is C15H22N2O2. The highest BCUT2D eigenvalue weighted by Crippen LogP contribution is 2.40. The zero-order valence-corrected chi connectivity index (χ0v) is 11.8. The van der Waals surface area contributed by atoms with E-state index in [2.05, 4.69) is 0 Å². The van der Waals surface area contributed by atoms with E-state index in [1.54, 1.807) is 4.90 Å². The van der Waals surface area contributed by atoms with Crippen molar-refractivity contribution in [3.63, 3.8) is 0 Å². The van der Waals surface area contributed by atoms with E-state index in [0.29, 0.717) is 13.1 Å². The maximum atomic E-state index is 12.2. The molecule has 19 heavy (non-hydrogen) atoms. The molecule has 4 nitrogen and oxygen atoms in total. The molecule has 104 valence electrons. The molecular weight excluding hydrogens is 240 g/mol. The summed E-state index contributed by atoms with van der Waals surface area (Å²) in [6, 6.07) is 9.94. The van der Waals surface area contributed by atoms with Crippen LogP contribution in [0.3, 0.4) is 0 Å². The topological polar surface area (TPSA) is 55.6 Å². The molecule has 0 radical (unpaired) electrons. The highest BCUT2D eigenvalue weighted by atomic mass is 16.6. The van der Waals surface area contributed by atoms with Crippen LogP contribution in [0.1, 0.15) is 32.8 Å². The monoisotopic (exact) mass is 262 g/mol. The van der Waals surface area contributed by atoms with Gasteiger partial charge in [-0.1, -0.05) is 30.3 Å². The van der Waals surface area contributed by atoms with Crippen LogP contribution in [0, 0.1) is 0 Å². The molecule has 1 aliphatic rings. The van der Waals surface area contributed by atoms with Crippen molar-refractivity contribution in [3.05, 3.63) is 35.9 Å². The molecule has 0 aromatic heterocycles. The van der Waals surface area contributed by atoms with Crippen molar-refractivity contribution < 1.29 is 9.53 Å². The van der Waals surface area contributed by atoms with Crippen LogP contribution in [0.2, 0.25) is 0 Å². The predicted molar refractivity (Wildman–Crippen MR) is 74.7 cm³/mol. The summed E-state index contributed by atoms with van der Waals surface area (Å²) in [4.78, 5) is 14.0. The zero-order chi connectivity index (χ0) is 14.1. The van der Waals surface area contributed by atoms with Gasteiger partial charge in [0.2, 0.25) is 0 Å². The average molecular weight is 262 g/mol. The van der Waals surface area contributed by atoms with Gasteiger partial charge >= 0.3 is 6.09 Å². The molecule has 4 heteroatoms. The number of carbonyl (C=O) groups is 1. The molecule has 1 aromatic rings. The first-order valence-electron chi connectivity index (χ1n) is 6.65. The second-order valence-corrected chi connectivity index (χ2v) is 5.98. The summed E-state index contributed by atoms with van der Waals surface area (Å²) in [5.74, 6) is 0. The summed E-state index contributed by atoms with van der Waals surface area (Å²) in [7, 11) is 0. The van der Waals surface area contributed by atoms with Gasteiger partial charge in [0, 0.05) is 13.1 Å². The minimum absolute atomic E-state index is 0.284. The third kappa shape index (κ3) is 2.59. The molecule has 0 aliphatic carbocycles. The molecule has 1 amide bonds. The fraction of sp³-hybridized carbons (Fsp3) is 0.533. The fourth-order valence-electron chi connectivity index (χ4n) is 2.46. The van der Waals surface area contributed by atoms with Crippen LogP contribution in [0.25, 0.3) is 0 Å². The summed E-state index contributed by atoms with van der Waals surface area (Å²) < 4.78 is 5.45. The van der Waals surface area contributed by atoms with E-state index in [9.17, 15) is 4.79 Å². The third-order valence-electron chi connectivity index (χ3n) is 3.53. The number of nitrogens with zero attached hydrogens (tertiary/aromatic N) is 1. The van der Waals surface area contributed by atoms with Gasteiger partial charge in [-0.2, -0.15) is 0 Å². The van der Waals surface area contributed by atoms with Crippen molar-refractivity contribution in [1.29, 1.82) is 0 Å². The Balaban J connectivity index is 2.21. The van der Waals surface area contributed by atoms with Gasteiger partial charge in [-0.15, -0.1) is 0 Å². The number of hydrogen-bond donors (Lipinski definition) is 1. The highest BCUT2D eigenvalue weighted by molar-refractivity contribution is 5.71. The number of rotatable bonds is 2. The molecule has 1 heterocycles. The summed E-state index contributed by atoms with van der Waals surface area (Å²) in [5.41, 5.74) is 6.14. The lowest BCUT2D eigenvalue weighted by molar-refractivity contribution is -0.0440. The van der Waals surface area contributed by atoms with E-state index in [0.717, 1.165) is 12.0 Å². The van der Waals surface area contributed by atoms with Crippen LogP contribution < -0.4 is 5.73 Å². The Morgan fingerprint density at radius 2 is 2.00 bits per heavy atom. The van der Waals surface area contributed by atoms with Crippen LogP contribution in [-0.2, 0) is 10.3 Å². The van der Waals surface area contributed by atoms with Crippen molar-refractivity contribution in [1.82, 2.24) is 4.90 Å². The van der Waals surface area contributed by atoms with Gasteiger partial charge in [0.15, 0.2) is 0 Å². The van der Waals surface area contributed by atoms with E-state index in [1.165, 1.54) is 0 Å². The Bertz CT molecular complexity index is 449. The Labute approximate surface area is 114 Å². The van der Waals surface area contributed by atoms with Crippen LogP contribution in [-0.4, -0.2) is 29.7 Å². The fourth-order valence-corrected chi connectivity index (χ4v) is 2.46. The lowest BCUT2D eigenvalue weighted by atomic mass is 9.78. The molecule has 0 bridgehead atoms. The molecule has 0 spiro atoms. The van der Waals surface area contributed by atoms with E-state index in [4.69, 9.17) is 10.5 Å². The first kappa shape index (κ1) is 13.9. The normalized spacial score (nSPS) is 22.8. The summed E-state index contributed by atoms with van der Waals surface area (Å²) >= 11 is 0. The molecule has 2 rings (SSSR count). The van der Waals surface area contributed by atoms with E-state index < -0.39 is 11.1 Å². The molecule has 1 aliphatic heterocycles. The van der Waals surface area contributed by atoms with Gasteiger partial charge in [0.1, 0.15) is 5.60 Å². The number of nitrogens with two attached hydrogens (primary N) is 1.